The lowest BCUT2D eigenvalue weighted by molar-refractivity contribution is 0.496. The van der Waals surface area contributed by atoms with Crippen LogP contribution in [0.4, 0.5) is 0 Å². The van der Waals surface area contributed by atoms with E-state index in [-0.39, 0.29) is 18.4 Å². The van der Waals surface area contributed by atoms with Crippen molar-refractivity contribution in [3.63, 3.8) is 0 Å². The Labute approximate surface area is 172 Å². The molecule has 0 spiro atoms. The molecule has 1 unspecified atom stereocenters. The van der Waals surface area contributed by atoms with Crippen molar-refractivity contribution in [3.8, 4) is 16.9 Å². The lowest BCUT2D eigenvalue weighted by atomic mass is 10.1. The molecular formula is C18H18Cl2N8. The number of benzene rings is 2. The van der Waals surface area contributed by atoms with Crippen LogP contribution in [0.15, 0.2) is 61.1 Å². The summed E-state index contributed by atoms with van der Waals surface area (Å²) in [4.78, 5) is 0. The zero-order valence-corrected chi connectivity index (χ0v) is 16.3. The highest BCUT2D eigenvalue weighted by Gasteiger charge is 2.14. The fourth-order valence-electron chi connectivity index (χ4n) is 2.92. The Bertz CT molecular complexity index is 1020. The van der Waals surface area contributed by atoms with Gasteiger partial charge in [-0.3, -0.25) is 4.68 Å². The van der Waals surface area contributed by atoms with Gasteiger partial charge in [0, 0.05) is 16.6 Å². The van der Waals surface area contributed by atoms with E-state index in [0.29, 0.717) is 17.3 Å². The maximum atomic E-state index is 6.28. The third-order valence-electron chi connectivity index (χ3n) is 4.13. The van der Waals surface area contributed by atoms with E-state index in [1.165, 1.54) is 11.9 Å². The molecule has 2 N–H and O–H groups in total. The van der Waals surface area contributed by atoms with Crippen LogP contribution in [0.3, 0.4) is 0 Å². The number of rotatable bonds is 6. The van der Waals surface area contributed by atoms with Gasteiger partial charge in [-0.1, -0.05) is 47.1 Å². The van der Waals surface area contributed by atoms with Crippen molar-refractivity contribution in [2.75, 3.05) is 0 Å². The van der Waals surface area contributed by atoms with Crippen molar-refractivity contribution < 1.29 is 0 Å². The SMILES string of the molecule is Cl.NC(Cc1ccccc1)Cn1cc(-c2cc(Cl)ccc2-n2cnnn2)nn1. The van der Waals surface area contributed by atoms with E-state index in [0.717, 1.165) is 17.7 Å². The van der Waals surface area contributed by atoms with Crippen LogP contribution in [-0.4, -0.2) is 41.2 Å². The summed E-state index contributed by atoms with van der Waals surface area (Å²) < 4.78 is 3.30. The first kappa shape index (κ1) is 19.9. The summed E-state index contributed by atoms with van der Waals surface area (Å²) in [6.45, 7) is 0.558. The van der Waals surface area contributed by atoms with Gasteiger partial charge in [0.2, 0.25) is 0 Å². The van der Waals surface area contributed by atoms with Gasteiger partial charge in [0.25, 0.3) is 0 Å². The van der Waals surface area contributed by atoms with Gasteiger partial charge in [-0.05, 0) is 40.6 Å². The zero-order chi connectivity index (χ0) is 18.6. The Morgan fingerprint density at radius 3 is 2.64 bits per heavy atom. The number of nitrogens with zero attached hydrogens (tertiary/aromatic N) is 7. The zero-order valence-electron chi connectivity index (χ0n) is 14.8. The molecule has 0 aliphatic rings. The minimum Gasteiger partial charge on any atom is -0.326 e. The van der Waals surface area contributed by atoms with Gasteiger partial charge in [-0.25, -0.2) is 0 Å². The number of aromatic nitrogens is 7. The molecular weight excluding hydrogens is 399 g/mol. The fourth-order valence-corrected chi connectivity index (χ4v) is 3.09. The van der Waals surface area contributed by atoms with Gasteiger partial charge in [0.15, 0.2) is 0 Å². The first-order valence-corrected chi connectivity index (χ1v) is 8.80. The standard InChI is InChI=1S/C18H17ClN8.ClH/c19-14-6-7-18(27-12-21-23-25-27)16(9-14)17-11-26(24-22-17)10-15(20)8-13-4-2-1-3-5-13;/h1-7,9,11-12,15H,8,10,20H2;1H. The minimum atomic E-state index is -0.0692. The van der Waals surface area contributed by atoms with Crippen LogP contribution in [0.5, 0.6) is 0 Å². The Morgan fingerprint density at radius 1 is 1.07 bits per heavy atom. The van der Waals surface area contributed by atoms with Gasteiger partial charge in [-0.15, -0.1) is 22.6 Å². The van der Waals surface area contributed by atoms with Gasteiger partial charge in [-0.2, -0.15) is 4.68 Å². The van der Waals surface area contributed by atoms with Crippen molar-refractivity contribution in [2.45, 2.75) is 19.0 Å². The normalized spacial score (nSPS) is 11.8. The first-order valence-electron chi connectivity index (χ1n) is 8.42. The Hall–Kier alpha value is -2.81. The number of tetrazole rings is 1. The number of halogens is 2. The van der Waals surface area contributed by atoms with Gasteiger partial charge < -0.3 is 5.73 Å². The van der Waals surface area contributed by atoms with E-state index in [9.17, 15) is 0 Å². The van der Waals surface area contributed by atoms with Crippen LogP contribution in [0.25, 0.3) is 16.9 Å². The third kappa shape index (κ3) is 4.53. The molecule has 0 amide bonds. The number of hydrogen-bond donors (Lipinski definition) is 1. The second-order valence-electron chi connectivity index (χ2n) is 6.19. The highest BCUT2D eigenvalue weighted by atomic mass is 35.5. The second kappa shape index (κ2) is 8.92. The smallest absolute Gasteiger partial charge is 0.143 e. The van der Waals surface area contributed by atoms with E-state index < -0.39 is 0 Å². The predicted octanol–water partition coefficient (Wildman–Crippen LogP) is 2.57. The average Bonchev–Trinajstić information content (AvgIpc) is 3.34. The van der Waals surface area contributed by atoms with E-state index >= 15 is 0 Å². The lowest BCUT2D eigenvalue weighted by Crippen LogP contribution is -2.28. The molecule has 144 valence electrons. The monoisotopic (exact) mass is 416 g/mol. The van der Waals surface area contributed by atoms with Crippen molar-refractivity contribution >= 4 is 24.0 Å². The summed E-state index contributed by atoms with van der Waals surface area (Å²) in [5, 5.41) is 20.4. The Balaban J connectivity index is 0.00000225. The predicted molar refractivity (Wildman–Crippen MR) is 109 cm³/mol. The molecule has 0 bridgehead atoms. The maximum absolute atomic E-state index is 6.28. The van der Waals surface area contributed by atoms with Crippen LogP contribution in [-0.2, 0) is 13.0 Å². The summed E-state index contributed by atoms with van der Waals surface area (Å²) in [5.74, 6) is 0. The summed E-state index contributed by atoms with van der Waals surface area (Å²) in [6, 6.07) is 15.5. The van der Waals surface area contributed by atoms with Crippen molar-refractivity contribution in [3.05, 3.63) is 71.6 Å². The van der Waals surface area contributed by atoms with Crippen LogP contribution < -0.4 is 5.73 Å². The Morgan fingerprint density at radius 2 is 1.89 bits per heavy atom. The molecule has 0 saturated heterocycles. The largest absolute Gasteiger partial charge is 0.326 e. The minimum absolute atomic E-state index is 0. The lowest BCUT2D eigenvalue weighted by Gasteiger charge is -2.11. The third-order valence-corrected chi connectivity index (χ3v) is 4.37. The van der Waals surface area contributed by atoms with Crippen molar-refractivity contribution in [1.82, 2.24) is 35.2 Å². The second-order valence-corrected chi connectivity index (χ2v) is 6.63. The number of nitrogens with two attached hydrogens (primary N) is 1. The molecule has 1 atom stereocenters. The fraction of sp³-hybridized carbons (Fsp3) is 0.167. The summed E-state index contributed by atoms with van der Waals surface area (Å²) in [7, 11) is 0. The quantitative estimate of drug-likeness (QED) is 0.518. The molecule has 0 fully saturated rings. The van der Waals surface area contributed by atoms with E-state index in [1.807, 2.05) is 36.5 Å². The summed E-state index contributed by atoms with van der Waals surface area (Å²) in [5.41, 5.74) is 9.71. The summed E-state index contributed by atoms with van der Waals surface area (Å²) in [6.07, 6.45) is 4.14. The highest BCUT2D eigenvalue weighted by molar-refractivity contribution is 6.31. The van der Waals surface area contributed by atoms with Gasteiger partial charge in [0.1, 0.15) is 12.0 Å². The highest BCUT2D eigenvalue weighted by Crippen LogP contribution is 2.27. The molecule has 0 aliphatic carbocycles. The van der Waals surface area contributed by atoms with E-state index in [2.05, 4.69) is 38.0 Å². The van der Waals surface area contributed by atoms with Crippen molar-refractivity contribution in [2.24, 2.45) is 5.73 Å². The number of hydrogen-bond acceptors (Lipinski definition) is 6. The van der Waals surface area contributed by atoms with Crippen molar-refractivity contribution in [1.29, 1.82) is 0 Å². The molecule has 8 nitrogen and oxygen atoms in total. The van der Waals surface area contributed by atoms with Crippen LogP contribution in [0, 0.1) is 0 Å². The molecule has 10 heteroatoms. The molecule has 4 rings (SSSR count). The van der Waals surface area contributed by atoms with E-state index in [4.69, 9.17) is 17.3 Å². The van der Waals surface area contributed by atoms with Gasteiger partial charge >= 0.3 is 0 Å². The topological polar surface area (TPSA) is 100 Å². The summed E-state index contributed by atoms with van der Waals surface area (Å²) >= 11 is 6.17. The van der Waals surface area contributed by atoms with Crippen LogP contribution in [0.1, 0.15) is 5.56 Å². The molecule has 0 aliphatic heterocycles. The molecule has 4 aromatic rings. The molecule has 2 aromatic heterocycles. The van der Waals surface area contributed by atoms with Crippen LogP contribution >= 0.6 is 24.0 Å². The first-order chi connectivity index (χ1) is 13.2. The average molecular weight is 417 g/mol. The molecule has 2 aromatic carbocycles. The van der Waals surface area contributed by atoms with E-state index in [1.54, 1.807) is 15.4 Å². The Kier molecular flexibility index (Phi) is 6.35. The maximum Gasteiger partial charge on any atom is 0.143 e. The van der Waals surface area contributed by atoms with Crippen LogP contribution in [0.2, 0.25) is 5.02 Å². The molecule has 28 heavy (non-hydrogen) atoms. The molecule has 0 radical (unpaired) electrons. The molecule has 2 heterocycles. The van der Waals surface area contributed by atoms with Gasteiger partial charge in [0.05, 0.1) is 18.4 Å². The molecule has 0 saturated carbocycles.